The van der Waals surface area contributed by atoms with Gasteiger partial charge in [0, 0.05) is 18.2 Å². The maximum Gasteiger partial charge on any atom is 0.124 e. The summed E-state index contributed by atoms with van der Waals surface area (Å²) in [7, 11) is 1.67. The third kappa shape index (κ3) is 3.72. The Hall–Kier alpha value is -1.10. The second-order valence-electron chi connectivity index (χ2n) is 5.20. The Kier molecular flexibility index (Phi) is 5.83. The van der Waals surface area contributed by atoms with Crippen LogP contribution in [0.15, 0.2) is 24.3 Å². The van der Waals surface area contributed by atoms with Crippen LogP contribution in [0, 0.1) is 0 Å². The van der Waals surface area contributed by atoms with Crippen molar-refractivity contribution in [3.63, 3.8) is 0 Å². The number of hydrogen-bond donors (Lipinski definition) is 1. The second-order valence-corrected chi connectivity index (χ2v) is 5.20. The first-order valence-electron chi connectivity index (χ1n) is 7.38. The topological polar surface area (TPSA) is 53.7 Å². The number of rotatable bonds is 7. The van der Waals surface area contributed by atoms with E-state index >= 15 is 0 Å². The van der Waals surface area contributed by atoms with Gasteiger partial charge in [-0.1, -0.05) is 25.1 Å². The van der Waals surface area contributed by atoms with Crippen LogP contribution in [0.2, 0.25) is 0 Å². The Morgan fingerprint density at radius 2 is 2.20 bits per heavy atom. The first kappa shape index (κ1) is 15.3. The molecule has 1 aliphatic rings. The van der Waals surface area contributed by atoms with Gasteiger partial charge in [-0.25, -0.2) is 0 Å². The molecule has 0 bridgehead atoms. The average Bonchev–Trinajstić information content (AvgIpc) is 3.01. The summed E-state index contributed by atoms with van der Waals surface area (Å²) in [5.41, 5.74) is 7.25. The predicted octanol–water partition coefficient (Wildman–Crippen LogP) is 2.67. The van der Waals surface area contributed by atoms with Gasteiger partial charge in [0.15, 0.2) is 0 Å². The third-order valence-electron chi connectivity index (χ3n) is 3.79. The van der Waals surface area contributed by atoms with Crippen molar-refractivity contribution in [1.29, 1.82) is 0 Å². The van der Waals surface area contributed by atoms with Gasteiger partial charge in [0.25, 0.3) is 0 Å². The van der Waals surface area contributed by atoms with E-state index in [4.69, 9.17) is 19.9 Å². The second kappa shape index (κ2) is 7.62. The first-order valence-corrected chi connectivity index (χ1v) is 7.38. The van der Waals surface area contributed by atoms with Gasteiger partial charge in [0.2, 0.25) is 0 Å². The molecule has 1 aromatic rings. The molecule has 3 unspecified atom stereocenters. The van der Waals surface area contributed by atoms with Crippen molar-refractivity contribution in [1.82, 2.24) is 0 Å². The maximum absolute atomic E-state index is 6.24. The van der Waals surface area contributed by atoms with E-state index in [1.165, 1.54) is 0 Å². The van der Waals surface area contributed by atoms with Crippen molar-refractivity contribution in [2.45, 2.75) is 44.4 Å². The molecule has 4 nitrogen and oxygen atoms in total. The molecule has 0 saturated carbocycles. The highest BCUT2D eigenvalue weighted by atomic mass is 16.5. The van der Waals surface area contributed by atoms with Crippen molar-refractivity contribution < 1.29 is 14.2 Å². The maximum atomic E-state index is 6.24. The summed E-state index contributed by atoms with van der Waals surface area (Å²) in [6.45, 7) is 3.51. The van der Waals surface area contributed by atoms with Crippen LogP contribution in [0.3, 0.4) is 0 Å². The monoisotopic (exact) mass is 279 g/mol. The van der Waals surface area contributed by atoms with Crippen molar-refractivity contribution in [2.24, 2.45) is 5.73 Å². The van der Waals surface area contributed by atoms with Crippen LogP contribution < -0.4 is 10.5 Å². The molecule has 0 aliphatic carbocycles. The molecular weight excluding hydrogens is 254 g/mol. The molecule has 1 aromatic carbocycles. The van der Waals surface area contributed by atoms with E-state index in [0.717, 1.165) is 37.2 Å². The smallest absolute Gasteiger partial charge is 0.124 e. The van der Waals surface area contributed by atoms with Gasteiger partial charge in [-0.2, -0.15) is 0 Å². The zero-order valence-corrected chi connectivity index (χ0v) is 12.4. The largest absolute Gasteiger partial charge is 0.496 e. The number of methoxy groups -OCH3 is 1. The van der Waals surface area contributed by atoms with Gasteiger partial charge in [-0.15, -0.1) is 0 Å². The lowest BCUT2D eigenvalue weighted by Gasteiger charge is -2.26. The molecule has 0 amide bonds. The van der Waals surface area contributed by atoms with Crippen molar-refractivity contribution in [2.75, 3.05) is 20.3 Å². The predicted molar refractivity (Wildman–Crippen MR) is 78.9 cm³/mol. The molecule has 1 heterocycles. The summed E-state index contributed by atoms with van der Waals surface area (Å²) in [5, 5.41) is 0. The standard InChI is InChI=1S/C16H25NO3/c1-3-14(17)16(20-11-12-7-6-10-19-12)13-8-4-5-9-15(13)18-2/h4-5,8-9,12,14,16H,3,6-7,10-11,17H2,1-2H3. The van der Waals surface area contributed by atoms with Gasteiger partial charge < -0.3 is 19.9 Å². The van der Waals surface area contributed by atoms with Crippen LogP contribution in [0.25, 0.3) is 0 Å². The number of benzene rings is 1. The Balaban J connectivity index is 2.09. The summed E-state index contributed by atoms with van der Waals surface area (Å²) in [6.07, 6.45) is 3.10. The van der Waals surface area contributed by atoms with E-state index in [2.05, 4.69) is 6.92 Å². The highest BCUT2D eigenvalue weighted by Crippen LogP contribution is 2.31. The summed E-state index contributed by atoms with van der Waals surface area (Å²) < 4.78 is 17.1. The quantitative estimate of drug-likeness (QED) is 0.833. The highest BCUT2D eigenvalue weighted by Gasteiger charge is 2.25. The van der Waals surface area contributed by atoms with E-state index in [9.17, 15) is 0 Å². The van der Waals surface area contributed by atoms with Gasteiger partial charge >= 0.3 is 0 Å². The van der Waals surface area contributed by atoms with Crippen LogP contribution in [-0.4, -0.2) is 32.5 Å². The van der Waals surface area contributed by atoms with Crippen LogP contribution in [0.1, 0.15) is 37.9 Å². The molecule has 0 aromatic heterocycles. The minimum Gasteiger partial charge on any atom is -0.496 e. The fourth-order valence-electron chi connectivity index (χ4n) is 2.55. The van der Waals surface area contributed by atoms with Gasteiger partial charge in [0.05, 0.1) is 19.8 Å². The number of para-hydroxylation sites is 1. The molecule has 1 saturated heterocycles. The molecule has 1 aliphatic heterocycles. The minimum atomic E-state index is -0.152. The van der Waals surface area contributed by atoms with Gasteiger partial charge in [0.1, 0.15) is 11.9 Å². The summed E-state index contributed by atoms with van der Waals surface area (Å²) in [6, 6.07) is 7.86. The van der Waals surface area contributed by atoms with Gasteiger partial charge in [-0.3, -0.25) is 0 Å². The molecule has 3 atom stereocenters. The van der Waals surface area contributed by atoms with Crippen LogP contribution in [0.4, 0.5) is 0 Å². The number of hydrogen-bond acceptors (Lipinski definition) is 4. The lowest BCUT2D eigenvalue weighted by Crippen LogP contribution is -2.31. The minimum absolute atomic E-state index is 0.0484. The summed E-state index contributed by atoms with van der Waals surface area (Å²) in [5.74, 6) is 0.828. The number of ether oxygens (including phenoxy) is 3. The first-order chi connectivity index (χ1) is 9.76. The molecule has 112 valence electrons. The normalized spacial score (nSPS) is 21.6. The van der Waals surface area contributed by atoms with Crippen LogP contribution in [-0.2, 0) is 9.47 Å². The fraction of sp³-hybridized carbons (Fsp3) is 0.625. The van der Waals surface area contributed by atoms with E-state index in [1.54, 1.807) is 7.11 Å². The molecule has 20 heavy (non-hydrogen) atoms. The molecule has 1 fully saturated rings. The van der Waals surface area contributed by atoms with Crippen molar-refractivity contribution in [3.05, 3.63) is 29.8 Å². The zero-order valence-electron chi connectivity index (χ0n) is 12.4. The van der Waals surface area contributed by atoms with Gasteiger partial charge in [-0.05, 0) is 25.3 Å². The van der Waals surface area contributed by atoms with E-state index in [1.807, 2.05) is 24.3 Å². The van der Waals surface area contributed by atoms with Crippen molar-refractivity contribution >= 4 is 0 Å². The van der Waals surface area contributed by atoms with E-state index < -0.39 is 0 Å². The fourth-order valence-corrected chi connectivity index (χ4v) is 2.55. The summed E-state index contributed by atoms with van der Waals surface area (Å²) >= 11 is 0. The van der Waals surface area contributed by atoms with Crippen LogP contribution in [0.5, 0.6) is 5.75 Å². The van der Waals surface area contributed by atoms with Crippen LogP contribution >= 0.6 is 0 Å². The summed E-state index contributed by atoms with van der Waals surface area (Å²) in [4.78, 5) is 0. The molecule has 0 spiro atoms. The SMILES string of the molecule is CCC(N)C(OCC1CCCO1)c1ccccc1OC. The zero-order chi connectivity index (χ0) is 14.4. The Morgan fingerprint density at radius 1 is 1.40 bits per heavy atom. The average molecular weight is 279 g/mol. The molecule has 2 rings (SSSR count). The Labute approximate surface area is 121 Å². The lowest BCUT2D eigenvalue weighted by atomic mass is 10.00. The molecular formula is C16H25NO3. The Morgan fingerprint density at radius 3 is 2.85 bits per heavy atom. The highest BCUT2D eigenvalue weighted by molar-refractivity contribution is 5.35. The van der Waals surface area contributed by atoms with E-state index in [0.29, 0.717) is 6.61 Å². The molecule has 2 N–H and O–H groups in total. The number of nitrogens with two attached hydrogens (primary N) is 1. The van der Waals surface area contributed by atoms with E-state index in [-0.39, 0.29) is 18.2 Å². The molecule has 0 radical (unpaired) electrons. The Bertz CT molecular complexity index is 404. The lowest BCUT2D eigenvalue weighted by molar-refractivity contribution is -0.0317. The molecule has 4 heteroatoms. The third-order valence-corrected chi connectivity index (χ3v) is 3.79. The van der Waals surface area contributed by atoms with Crippen molar-refractivity contribution in [3.8, 4) is 5.75 Å².